The first kappa shape index (κ1) is 14.0. The normalized spacial score (nSPS) is 10.4. The summed E-state index contributed by atoms with van der Waals surface area (Å²) in [7, 11) is 0. The molecule has 0 aliphatic carbocycles. The zero-order chi connectivity index (χ0) is 15.2. The van der Waals surface area contributed by atoms with E-state index in [1.54, 1.807) is 18.6 Å². The molecule has 3 aromatic rings. The summed E-state index contributed by atoms with van der Waals surface area (Å²) in [6, 6.07) is 13.2. The van der Waals surface area contributed by atoms with Crippen LogP contribution >= 0.6 is 0 Å². The van der Waals surface area contributed by atoms with Gasteiger partial charge in [-0.15, -0.1) is 0 Å². The molecular formula is C17H16N4O. The lowest BCUT2D eigenvalue weighted by atomic mass is 10.1. The Kier molecular flexibility index (Phi) is 4.25. The number of carbonyl (C=O) groups is 1. The van der Waals surface area contributed by atoms with Crippen LogP contribution in [0, 0.1) is 0 Å². The van der Waals surface area contributed by atoms with Crippen LogP contribution in [0.25, 0.3) is 0 Å². The van der Waals surface area contributed by atoms with Crippen LogP contribution in [-0.2, 0) is 13.1 Å². The van der Waals surface area contributed by atoms with Crippen molar-refractivity contribution in [3.63, 3.8) is 0 Å². The molecule has 22 heavy (non-hydrogen) atoms. The van der Waals surface area contributed by atoms with Gasteiger partial charge in [-0.25, -0.2) is 0 Å². The molecule has 0 aliphatic heterocycles. The van der Waals surface area contributed by atoms with E-state index in [0.29, 0.717) is 18.7 Å². The van der Waals surface area contributed by atoms with Gasteiger partial charge >= 0.3 is 0 Å². The number of hydrogen-bond donors (Lipinski definition) is 1. The van der Waals surface area contributed by atoms with Crippen molar-refractivity contribution in [3.05, 3.63) is 83.9 Å². The standard InChI is InChI=1S/C17H16N4O/c22-17(19-12-15-5-2-7-18-11-15)16-6-1-4-14(10-16)13-21-9-3-8-20-21/h1-11H,12-13H2,(H,19,22). The van der Waals surface area contributed by atoms with Crippen LogP contribution in [0.15, 0.2) is 67.3 Å². The van der Waals surface area contributed by atoms with Crippen molar-refractivity contribution in [1.29, 1.82) is 0 Å². The largest absolute Gasteiger partial charge is 0.348 e. The lowest BCUT2D eigenvalue weighted by molar-refractivity contribution is 0.0951. The van der Waals surface area contributed by atoms with Crippen molar-refractivity contribution in [1.82, 2.24) is 20.1 Å². The first-order valence-corrected chi connectivity index (χ1v) is 7.05. The van der Waals surface area contributed by atoms with E-state index in [0.717, 1.165) is 11.1 Å². The molecule has 3 rings (SSSR count). The summed E-state index contributed by atoms with van der Waals surface area (Å²) in [5, 5.41) is 7.07. The maximum atomic E-state index is 12.2. The van der Waals surface area contributed by atoms with E-state index in [2.05, 4.69) is 15.4 Å². The lowest BCUT2D eigenvalue weighted by Gasteiger charge is -2.07. The predicted octanol–water partition coefficient (Wildman–Crippen LogP) is 2.26. The summed E-state index contributed by atoms with van der Waals surface area (Å²) in [4.78, 5) is 16.2. The highest BCUT2D eigenvalue weighted by molar-refractivity contribution is 5.94. The maximum absolute atomic E-state index is 12.2. The van der Waals surface area contributed by atoms with Gasteiger partial charge in [0, 0.05) is 36.9 Å². The van der Waals surface area contributed by atoms with E-state index in [4.69, 9.17) is 0 Å². The molecule has 2 aromatic heterocycles. The van der Waals surface area contributed by atoms with Crippen LogP contribution in [0.4, 0.5) is 0 Å². The molecule has 0 saturated heterocycles. The summed E-state index contributed by atoms with van der Waals surface area (Å²) < 4.78 is 1.83. The minimum atomic E-state index is -0.0915. The van der Waals surface area contributed by atoms with Crippen molar-refractivity contribution in [2.45, 2.75) is 13.1 Å². The minimum Gasteiger partial charge on any atom is -0.348 e. The number of rotatable bonds is 5. The van der Waals surface area contributed by atoms with Crippen molar-refractivity contribution in [2.75, 3.05) is 0 Å². The first-order chi connectivity index (χ1) is 10.8. The zero-order valence-corrected chi connectivity index (χ0v) is 12.0. The Labute approximate surface area is 128 Å². The molecule has 0 fully saturated rings. The molecule has 5 heteroatoms. The molecule has 110 valence electrons. The topological polar surface area (TPSA) is 59.8 Å². The summed E-state index contributed by atoms with van der Waals surface area (Å²) in [6.07, 6.45) is 7.10. The number of nitrogens with zero attached hydrogens (tertiary/aromatic N) is 3. The monoisotopic (exact) mass is 292 g/mol. The highest BCUT2D eigenvalue weighted by Crippen LogP contribution is 2.07. The number of pyridine rings is 1. The van der Waals surface area contributed by atoms with Gasteiger partial charge in [0.2, 0.25) is 0 Å². The zero-order valence-electron chi connectivity index (χ0n) is 12.0. The molecule has 1 N–H and O–H groups in total. The molecular weight excluding hydrogens is 276 g/mol. The molecule has 1 aromatic carbocycles. The number of aromatic nitrogens is 3. The quantitative estimate of drug-likeness (QED) is 0.784. The molecule has 2 heterocycles. The van der Waals surface area contributed by atoms with Gasteiger partial charge in [0.15, 0.2) is 0 Å². The van der Waals surface area contributed by atoms with Gasteiger partial charge in [0.05, 0.1) is 6.54 Å². The van der Waals surface area contributed by atoms with Gasteiger partial charge in [0.1, 0.15) is 0 Å². The number of amides is 1. The molecule has 0 unspecified atom stereocenters. The Morgan fingerprint density at radius 3 is 2.77 bits per heavy atom. The second-order valence-corrected chi connectivity index (χ2v) is 4.95. The molecule has 0 radical (unpaired) electrons. The van der Waals surface area contributed by atoms with Crippen LogP contribution in [0.2, 0.25) is 0 Å². The number of nitrogens with one attached hydrogen (secondary N) is 1. The SMILES string of the molecule is O=C(NCc1cccnc1)c1cccc(Cn2cccn2)c1. The Balaban J connectivity index is 1.65. The Morgan fingerprint density at radius 1 is 1.09 bits per heavy atom. The van der Waals surface area contributed by atoms with Gasteiger partial charge in [-0.3, -0.25) is 14.5 Å². The highest BCUT2D eigenvalue weighted by atomic mass is 16.1. The smallest absolute Gasteiger partial charge is 0.251 e. The van der Waals surface area contributed by atoms with Crippen LogP contribution in [0.1, 0.15) is 21.5 Å². The van der Waals surface area contributed by atoms with E-state index >= 15 is 0 Å². The lowest BCUT2D eigenvalue weighted by Crippen LogP contribution is -2.23. The fourth-order valence-electron chi connectivity index (χ4n) is 2.18. The van der Waals surface area contributed by atoms with Gasteiger partial charge in [0.25, 0.3) is 5.91 Å². The van der Waals surface area contributed by atoms with Crippen molar-refractivity contribution in [3.8, 4) is 0 Å². The summed E-state index contributed by atoms with van der Waals surface area (Å²) in [6.45, 7) is 1.12. The molecule has 0 atom stereocenters. The Bertz CT molecular complexity index is 738. The molecule has 0 bridgehead atoms. The van der Waals surface area contributed by atoms with Gasteiger partial charge in [-0.05, 0) is 35.4 Å². The van der Waals surface area contributed by atoms with Crippen molar-refractivity contribution < 1.29 is 4.79 Å². The fourth-order valence-corrected chi connectivity index (χ4v) is 2.18. The summed E-state index contributed by atoms with van der Waals surface area (Å²) in [5.74, 6) is -0.0915. The summed E-state index contributed by atoms with van der Waals surface area (Å²) >= 11 is 0. The third kappa shape index (κ3) is 3.58. The first-order valence-electron chi connectivity index (χ1n) is 7.05. The molecule has 0 saturated carbocycles. The fraction of sp³-hybridized carbons (Fsp3) is 0.118. The molecule has 0 spiro atoms. The Morgan fingerprint density at radius 2 is 2.00 bits per heavy atom. The number of benzene rings is 1. The van der Waals surface area contributed by atoms with Crippen molar-refractivity contribution in [2.24, 2.45) is 0 Å². The third-order valence-electron chi connectivity index (χ3n) is 3.27. The molecule has 0 aliphatic rings. The average molecular weight is 292 g/mol. The van der Waals surface area contributed by atoms with E-state index < -0.39 is 0 Å². The Hall–Kier alpha value is -2.95. The van der Waals surface area contributed by atoms with Crippen LogP contribution in [0.5, 0.6) is 0 Å². The second kappa shape index (κ2) is 6.67. The summed E-state index contributed by atoms with van der Waals surface area (Å²) in [5.41, 5.74) is 2.66. The van der Waals surface area contributed by atoms with Gasteiger partial charge in [-0.1, -0.05) is 18.2 Å². The van der Waals surface area contributed by atoms with Gasteiger partial charge in [-0.2, -0.15) is 5.10 Å². The molecule has 5 nitrogen and oxygen atoms in total. The number of hydrogen-bond acceptors (Lipinski definition) is 3. The predicted molar refractivity (Wildman–Crippen MR) is 83.2 cm³/mol. The third-order valence-corrected chi connectivity index (χ3v) is 3.27. The average Bonchev–Trinajstić information content (AvgIpc) is 3.07. The number of carbonyl (C=O) groups excluding carboxylic acids is 1. The second-order valence-electron chi connectivity index (χ2n) is 4.95. The van der Waals surface area contributed by atoms with Crippen LogP contribution in [-0.4, -0.2) is 20.7 Å². The van der Waals surface area contributed by atoms with E-state index in [9.17, 15) is 4.79 Å². The van der Waals surface area contributed by atoms with E-state index in [-0.39, 0.29) is 5.91 Å². The van der Waals surface area contributed by atoms with E-state index in [1.807, 2.05) is 53.3 Å². The highest BCUT2D eigenvalue weighted by Gasteiger charge is 2.06. The van der Waals surface area contributed by atoms with Crippen LogP contribution < -0.4 is 5.32 Å². The van der Waals surface area contributed by atoms with E-state index in [1.165, 1.54) is 0 Å². The maximum Gasteiger partial charge on any atom is 0.251 e. The molecule has 1 amide bonds. The van der Waals surface area contributed by atoms with Gasteiger partial charge < -0.3 is 5.32 Å². The van der Waals surface area contributed by atoms with Crippen molar-refractivity contribution >= 4 is 5.91 Å². The minimum absolute atomic E-state index is 0.0915. The van der Waals surface area contributed by atoms with Crippen LogP contribution in [0.3, 0.4) is 0 Å².